The van der Waals surface area contributed by atoms with Crippen LogP contribution in [0.3, 0.4) is 0 Å². The highest BCUT2D eigenvalue weighted by molar-refractivity contribution is 9.10. The third-order valence-corrected chi connectivity index (χ3v) is 4.37. The second-order valence-corrected chi connectivity index (χ2v) is 6.58. The van der Waals surface area contributed by atoms with Gasteiger partial charge in [-0.2, -0.15) is 0 Å². The molecule has 0 aliphatic rings. The van der Waals surface area contributed by atoms with E-state index >= 15 is 0 Å². The van der Waals surface area contributed by atoms with Crippen molar-refractivity contribution in [3.63, 3.8) is 0 Å². The third kappa shape index (κ3) is 6.20. The first-order valence-corrected chi connectivity index (χ1v) is 9.03. The molecule has 0 bridgehead atoms. The predicted molar refractivity (Wildman–Crippen MR) is 111 cm³/mol. The van der Waals surface area contributed by atoms with E-state index < -0.39 is 0 Å². The maximum absolute atomic E-state index is 5.93. The van der Waals surface area contributed by atoms with Crippen LogP contribution >= 0.6 is 28.3 Å². The molecule has 2 aromatic heterocycles. The van der Waals surface area contributed by atoms with Gasteiger partial charge in [-0.25, -0.2) is 0 Å². The quantitative estimate of drug-likeness (QED) is 0.546. The minimum atomic E-state index is 0. The molecule has 0 amide bonds. The fraction of sp³-hybridized carbons (Fsp3) is 0.200. The molecule has 0 aliphatic carbocycles. The lowest BCUT2D eigenvalue weighted by Crippen LogP contribution is -2.13. The number of benzene rings is 1. The van der Waals surface area contributed by atoms with Gasteiger partial charge in [-0.15, -0.1) is 12.4 Å². The summed E-state index contributed by atoms with van der Waals surface area (Å²) < 4.78 is 12.3. The molecular formula is C20H21BrClN3O2. The molecule has 2 heterocycles. The van der Waals surface area contributed by atoms with Gasteiger partial charge in [0.15, 0.2) is 11.5 Å². The fourth-order valence-corrected chi connectivity index (χ4v) is 3.11. The second kappa shape index (κ2) is 10.9. The summed E-state index contributed by atoms with van der Waals surface area (Å²) in [6.45, 7) is 1.90. The maximum atomic E-state index is 5.93. The van der Waals surface area contributed by atoms with Gasteiger partial charge in [0.2, 0.25) is 0 Å². The SMILES string of the molecule is COc1cc(CNCc2cccnc2)cc(Br)c1OCc1cccnc1.Cl. The van der Waals surface area contributed by atoms with E-state index in [0.717, 1.165) is 27.7 Å². The molecule has 0 aliphatic heterocycles. The first-order chi connectivity index (χ1) is 12.8. The molecule has 3 rings (SSSR count). The summed E-state index contributed by atoms with van der Waals surface area (Å²) >= 11 is 3.59. The van der Waals surface area contributed by atoms with Crippen molar-refractivity contribution in [1.29, 1.82) is 0 Å². The molecule has 7 heteroatoms. The van der Waals surface area contributed by atoms with Gasteiger partial charge in [-0.3, -0.25) is 9.97 Å². The van der Waals surface area contributed by atoms with Crippen molar-refractivity contribution in [2.75, 3.05) is 7.11 Å². The van der Waals surface area contributed by atoms with E-state index in [-0.39, 0.29) is 12.4 Å². The smallest absolute Gasteiger partial charge is 0.175 e. The highest BCUT2D eigenvalue weighted by Crippen LogP contribution is 2.37. The molecule has 0 radical (unpaired) electrons. The van der Waals surface area contributed by atoms with Crippen molar-refractivity contribution in [3.05, 3.63) is 82.3 Å². The van der Waals surface area contributed by atoms with Gasteiger partial charge < -0.3 is 14.8 Å². The lowest BCUT2D eigenvalue weighted by Gasteiger charge is -2.15. The fourth-order valence-electron chi connectivity index (χ4n) is 2.51. The zero-order chi connectivity index (χ0) is 18.2. The van der Waals surface area contributed by atoms with Crippen LogP contribution in [0.15, 0.2) is 65.7 Å². The molecule has 5 nitrogen and oxygen atoms in total. The number of nitrogens with zero attached hydrogens (tertiary/aromatic N) is 2. The Hall–Kier alpha value is -2.15. The van der Waals surface area contributed by atoms with Crippen LogP contribution in [-0.2, 0) is 19.7 Å². The molecule has 1 aromatic carbocycles. The number of halogens is 2. The van der Waals surface area contributed by atoms with Gasteiger partial charge in [0, 0.05) is 43.4 Å². The van der Waals surface area contributed by atoms with Crippen molar-refractivity contribution >= 4 is 28.3 Å². The summed E-state index contributed by atoms with van der Waals surface area (Å²) in [7, 11) is 1.64. The molecule has 0 saturated carbocycles. The Morgan fingerprint density at radius 1 is 0.963 bits per heavy atom. The molecule has 0 atom stereocenters. The summed E-state index contributed by atoms with van der Waals surface area (Å²) in [5.41, 5.74) is 3.25. The first kappa shape index (κ1) is 21.2. The van der Waals surface area contributed by atoms with Crippen LogP contribution in [0.1, 0.15) is 16.7 Å². The number of nitrogens with one attached hydrogen (secondary N) is 1. The molecule has 3 aromatic rings. The van der Waals surface area contributed by atoms with Crippen LogP contribution in [0.5, 0.6) is 11.5 Å². The normalized spacial score (nSPS) is 10.1. The van der Waals surface area contributed by atoms with Gasteiger partial charge in [-0.05, 0) is 51.3 Å². The van der Waals surface area contributed by atoms with E-state index in [1.807, 2.05) is 42.6 Å². The maximum Gasteiger partial charge on any atom is 0.175 e. The van der Waals surface area contributed by atoms with E-state index in [4.69, 9.17) is 9.47 Å². The van der Waals surface area contributed by atoms with Crippen molar-refractivity contribution in [2.45, 2.75) is 19.7 Å². The molecule has 142 valence electrons. The first-order valence-electron chi connectivity index (χ1n) is 8.24. The lowest BCUT2D eigenvalue weighted by molar-refractivity contribution is 0.282. The Morgan fingerprint density at radius 3 is 2.26 bits per heavy atom. The number of pyridine rings is 2. The molecule has 0 unspecified atom stereocenters. The minimum Gasteiger partial charge on any atom is -0.493 e. The Balaban J connectivity index is 0.00000261. The topological polar surface area (TPSA) is 56.3 Å². The molecular weight excluding hydrogens is 430 g/mol. The van der Waals surface area contributed by atoms with Crippen LogP contribution in [-0.4, -0.2) is 17.1 Å². The summed E-state index contributed by atoms with van der Waals surface area (Å²) in [4.78, 5) is 8.22. The van der Waals surface area contributed by atoms with Crippen LogP contribution in [0.2, 0.25) is 0 Å². The van der Waals surface area contributed by atoms with E-state index in [1.165, 1.54) is 0 Å². The lowest BCUT2D eigenvalue weighted by atomic mass is 10.2. The Morgan fingerprint density at radius 2 is 1.63 bits per heavy atom. The monoisotopic (exact) mass is 449 g/mol. The molecule has 0 fully saturated rings. The van der Waals surface area contributed by atoms with Gasteiger partial charge >= 0.3 is 0 Å². The Labute approximate surface area is 173 Å². The molecule has 0 saturated heterocycles. The predicted octanol–water partition coefficient (Wildman–Crippen LogP) is 4.54. The minimum absolute atomic E-state index is 0. The number of aromatic nitrogens is 2. The zero-order valence-electron chi connectivity index (χ0n) is 14.9. The number of rotatable bonds is 8. The number of hydrogen-bond acceptors (Lipinski definition) is 5. The van der Waals surface area contributed by atoms with Gasteiger partial charge in [0.25, 0.3) is 0 Å². The largest absolute Gasteiger partial charge is 0.493 e. The summed E-state index contributed by atoms with van der Waals surface area (Å²) in [5.74, 6) is 1.38. The van der Waals surface area contributed by atoms with E-state index in [2.05, 4.69) is 31.2 Å². The summed E-state index contributed by atoms with van der Waals surface area (Å²) in [6, 6.07) is 11.9. The van der Waals surface area contributed by atoms with Gasteiger partial charge in [0.05, 0.1) is 11.6 Å². The van der Waals surface area contributed by atoms with Crippen molar-refractivity contribution < 1.29 is 9.47 Å². The highest BCUT2D eigenvalue weighted by Gasteiger charge is 2.12. The highest BCUT2D eigenvalue weighted by atomic mass is 79.9. The molecule has 27 heavy (non-hydrogen) atoms. The number of methoxy groups -OCH3 is 1. The summed E-state index contributed by atoms with van der Waals surface area (Å²) in [6.07, 6.45) is 7.17. The van der Waals surface area contributed by atoms with E-state index in [1.54, 1.807) is 25.7 Å². The van der Waals surface area contributed by atoms with Crippen molar-refractivity contribution in [2.24, 2.45) is 0 Å². The van der Waals surface area contributed by atoms with Crippen molar-refractivity contribution in [1.82, 2.24) is 15.3 Å². The second-order valence-electron chi connectivity index (χ2n) is 5.72. The van der Waals surface area contributed by atoms with Crippen LogP contribution in [0.25, 0.3) is 0 Å². The van der Waals surface area contributed by atoms with Crippen molar-refractivity contribution in [3.8, 4) is 11.5 Å². The zero-order valence-corrected chi connectivity index (χ0v) is 17.3. The average Bonchev–Trinajstić information content (AvgIpc) is 2.68. The third-order valence-electron chi connectivity index (χ3n) is 3.78. The van der Waals surface area contributed by atoms with Crippen LogP contribution in [0.4, 0.5) is 0 Å². The standard InChI is InChI=1S/C20H20BrN3O2.ClH/c1-25-19-9-17(13-24-11-15-4-2-6-22-10-15)8-18(21)20(19)26-14-16-5-3-7-23-12-16;/h2-10,12,24H,11,13-14H2,1H3;1H. The number of hydrogen-bond donors (Lipinski definition) is 1. The van der Waals surface area contributed by atoms with Gasteiger partial charge in [0.1, 0.15) is 6.61 Å². The number of ether oxygens (including phenoxy) is 2. The molecule has 1 N–H and O–H groups in total. The van der Waals surface area contributed by atoms with Gasteiger partial charge in [-0.1, -0.05) is 12.1 Å². The Bertz CT molecular complexity index is 835. The van der Waals surface area contributed by atoms with E-state index in [9.17, 15) is 0 Å². The average molecular weight is 451 g/mol. The Kier molecular flexibility index (Phi) is 8.51. The summed E-state index contributed by atoms with van der Waals surface area (Å²) in [5, 5.41) is 3.41. The van der Waals surface area contributed by atoms with Crippen LogP contribution < -0.4 is 14.8 Å². The van der Waals surface area contributed by atoms with Crippen LogP contribution in [0, 0.1) is 0 Å². The molecule has 0 spiro atoms. The van der Waals surface area contributed by atoms with E-state index in [0.29, 0.717) is 24.7 Å².